The minimum Gasteiger partial charge on any atom is -0.396 e. The third kappa shape index (κ3) is 9.31. The molecule has 3 N–H and O–H groups in total. The molecular weight excluding hydrogens is 333 g/mol. The van der Waals surface area contributed by atoms with E-state index in [2.05, 4.69) is 15.6 Å². The molecule has 0 aliphatic heterocycles. The molecule has 0 aromatic heterocycles. The van der Waals surface area contributed by atoms with Gasteiger partial charge in [0.05, 0.1) is 13.2 Å². The maximum absolute atomic E-state index is 12.2. The number of hydrogen-bond donors (Lipinski definition) is 3. The maximum Gasteiger partial charge on any atom is 0.401 e. The average Bonchev–Trinajstić information content (AvgIpc) is 2.56. The van der Waals surface area contributed by atoms with Gasteiger partial charge in [-0.1, -0.05) is 30.3 Å². The zero-order chi connectivity index (χ0) is 18.7. The number of aliphatic hydroxyl groups excluding tert-OH is 1. The van der Waals surface area contributed by atoms with Crippen molar-refractivity contribution in [1.82, 2.24) is 15.5 Å². The molecule has 1 unspecified atom stereocenters. The second-order valence-electron chi connectivity index (χ2n) is 5.88. The van der Waals surface area contributed by atoms with Crippen LogP contribution in [0, 0.1) is 0 Å². The summed E-state index contributed by atoms with van der Waals surface area (Å²) in [6.45, 7) is 0.462. The number of benzene rings is 1. The Morgan fingerprint density at radius 2 is 1.92 bits per heavy atom. The zero-order valence-electron chi connectivity index (χ0n) is 14.7. The maximum atomic E-state index is 12.2. The van der Waals surface area contributed by atoms with Gasteiger partial charge in [-0.3, -0.25) is 9.89 Å². The molecule has 25 heavy (non-hydrogen) atoms. The number of aliphatic imine (C=N–C) groups is 1. The van der Waals surface area contributed by atoms with E-state index in [0.29, 0.717) is 32.0 Å². The quantitative estimate of drug-likeness (QED) is 0.357. The van der Waals surface area contributed by atoms with Crippen molar-refractivity contribution in [1.29, 1.82) is 0 Å². The van der Waals surface area contributed by atoms with Crippen LogP contribution in [0.3, 0.4) is 0 Å². The lowest BCUT2D eigenvalue weighted by molar-refractivity contribution is -0.143. The molecule has 0 aliphatic carbocycles. The molecule has 0 radical (unpaired) electrons. The van der Waals surface area contributed by atoms with Gasteiger partial charge in [0.1, 0.15) is 0 Å². The number of alkyl halides is 3. The molecule has 1 aromatic carbocycles. The van der Waals surface area contributed by atoms with E-state index >= 15 is 0 Å². The van der Waals surface area contributed by atoms with Gasteiger partial charge in [-0.2, -0.15) is 13.2 Å². The molecular formula is C17H27F3N4O. The highest BCUT2D eigenvalue weighted by Gasteiger charge is 2.28. The Hall–Kier alpha value is -1.80. The molecule has 0 amide bonds. The summed E-state index contributed by atoms with van der Waals surface area (Å²) in [6.07, 6.45) is -3.61. The minimum atomic E-state index is -4.17. The number of nitrogens with zero attached hydrogens (tertiary/aromatic N) is 2. The molecule has 0 fully saturated rings. The molecule has 0 aliphatic rings. The zero-order valence-corrected chi connectivity index (χ0v) is 14.7. The monoisotopic (exact) mass is 360 g/mol. The molecule has 0 saturated carbocycles. The highest BCUT2D eigenvalue weighted by molar-refractivity contribution is 5.79. The van der Waals surface area contributed by atoms with Gasteiger partial charge in [-0.15, -0.1) is 0 Å². The molecule has 0 heterocycles. The van der Waals surface area contributed by atoms with Gasteiger partial charge in [-0.25, -0.2) is 0 Å². The Labute approximate surface area is 146 Å². The van der Waals surface area contributed by atoms with E-state index < -0.39 is 12.7 Å². The lowest BCUT2D eigenvalue weighted by Gasteiger charge is -2.20. The normalized spacial score (nSPS) is 13.8. The summed E-state index contributed by atoms with van der Waals surface area (Å²) in [5, 5.41) is 15.7. The van der Waals surface area contributed by atoms with E-state index in [1.807, 2.05) is 30.3 Å². The van der Waals surface area contributed by atoms with E-state index in [1.54, 1.807) is 7.05 Å². The van der Waals surface area contributed by atoms with Crippen molar-refractivity contribution in [2.75, 3.05) is 46.9 Å². The topological polar surface area (TPSA) is 59.9 Å². The lowest BCUT2D eigenvalue weighted by Crippen LogP contribution is -2.41. The van der Waals surface area contributed by atoms with Crippen molar-refractivity contribution < 1.29 is 18.3 Å². The van der Waals surface area contributed by atoms with Crippen LogP contribution in [0.2, 0.25) is 0 Å². The van der Waals surface area contributed by atoms with Crippen molar-refractivity contribution in [3.63, 3.8) is 0 Å². The minimum absolute atomic E-state index is 0.0102. The Kier molecular flexibility index (Phi) is 9.30. The molecule has 5 nitrogen and oxygen atoms in total. The van der Waals surface area contributed by atoms with Crippen LogP contribution in [-0.4, -0.2) is 69.0 Å². The number of nitrogens with one attached hydrogen (secondary N) is 2. The van der Waals surface area contributed by atoms with E-state index in [-0.39, 0.29) is 12.5 Å². The third-order valence-electron chi connectivity index (χ3n) is 3.69. The average molecular weight is 360 g/mol. The summed E-state index contributed by atoms with van der Waals surface area (Å²) in [5.41, 5.74) is 1.03. The van der Waals surface area contributed by atoms with Crippen LogP contribution in [0.5, 0.6) is 0 Å². The van der Waals surface area contributed by atoms with Gasteiger partial charge in [0.25, 0.3) is 0 Å². The van der Waals surface area contributed by atoms with E-state index in [0.717, 1.165) is 5.56 Å². The first-order valence-electron chi connectivity index (χ1n) is 8.21. The molecule has 8 heteroatoms. The van der Waals surface area contributed by atoms with Gasteiger partial charge in [-0.05, 0) is 25.6 Å². The smallest absolute Gasteiger partial charge is 0.396 e. The van der Waals surface area contributed by atoms with Gasteiger partial charge in [0, 0.05) is 26.1 Å². The van der Waals surface area contributed by atoms with Crippen LogP contribution in [0.25, 0.3) is 0 Å². The first kappa shape index (κ1) is 21.2. The molecule has 0 saturated heterocycles. The van der Waals surface area contributed by atoms with E-state index in [1.165, 1.54) is 11.9 Å². The summed E-state index contributed by atoms with van der Waals surface area (Å²) in [7, 11) is 3.08. The predicted octanol–water partition coefficient (Wildman–Crippen LogP) is 1.81. The van der Waals surface area contributed by atoms with E-state index in [4.69, 9.17) is 0 Å². The van der Waals surface area contributed by atoms with Crippen LogP contribution in [-0.2, 0) is 0 Å². The van der Waals surface area contributed by atoms with Crippen LogP contribution in [0.15, 0.2) is 35.3 Å². The summed E-state index contributed by atoms with van der Waals surface area (Å²) in [5.74, 6) is 0.505. The first-order chi connectivity index (χ1) is 11.9. The number of halogens is 3. The molecule has 0 bridgehead atoms. The Balaban J connectivity index is 2.30. The Morgan fingerprint density at radius 3 is 2.48 bits per heavy atom. The molecule has 1 atom stereocenters. The third-order valence-corrected chi connectivity index (χ3v) is 3.69. The van der Waals surface area contributed by atoms with Crippen molar-refractivity contribution in [3.05, 3.63) is 35.9 Å². The van der Waals surface area contributed by atoms with Crippen molar-refractivity contribution >= 4 is 5.96 Å². The molecule has 1 rings (SSSR count). The molecule has 142 valence electrons. The van der Waals surface area contributed by atoms with Crippen molar-refractivity contribution in [2.24, 2.45) is 4.99 Å². The Bertz CT molecular complexity index is 508. The van der Waals surface area contributed by atoms with Gasteiger partial charge in [0.15, 0.2) is 5.96 Å². The summed E-state index contributed by atoms with van der Waals surface area (Å²) >= 11 is 0. The van der Waals surface area contributed by atoms with Gasteiger partial charge < -0.3 is 15.7 Å². The highest BCUT2D eigenvalue weighted by atomic mass is 19.4. The number of guanidine groups is 1. The largest absolute Gasteiger partial charge is 0.401 e. The van der Waals surface area contributed by atoms with Crippen LogP contribution < -0.4 is 10.6 Å². The number of aliphatic hydroxyl groups is 1. The fourth-order valence-corrected chi connectivity index (χ4v) is 2.39. The summed E-state index contributed by atoms with van der Waals surface area (Å²) < 4.78 is 36.7. The fraction of sp³-hybridized carbons (Fsp3) is 0.588. The number of rotatable bonds is 9. The van der Waals surface area contributed by atoms with Crippen molar-refractivity contribution in [3.8, 4) is 0 Å². The van der Waals surface area contributed by atoms with Gasteiger partial charge in [0.2, 0.25) is 0 Å². The number of hydrogen-bond acceptors (Lipinski definition) is 3. The summed E-state index contributed by atoms with van der Waals surface area (Å²) in [4.78, 5) is 5.33. The first-order valence-corrected chi connectivity index (χ1v) is 8.21. The molecule has 0 spiro atoms. The highest BCUT2D eigenvalue weighted by Crippen LogP contribution is 2.15. The lowest BCUT2D eigenvalue weighted by atomic mass is 10.0. The second-order valence-corrected chi connectivity index (χ2v) is 5.88. The fourth-order valence-electron chi connectivity index (χ4n) is 2.39. The summed E-state index contributed by atoms with van der Waals surface area (Å²) in [6, 6.07) is 9.66. The van der Waals surface area contributed by atoms with Crippen LogP contribution in [0.1, 0.15) is 17.9 Å². The Morgan fingerprint density at radius 1 is 1.24 bits per heavy atom. The molecule has 1 aromatic rings. The van der Waals surface area contributed by atoms with Crippen molar-refractivity contribution in [2.45, 2.75) is 18.5 Å². The van der Waals surface area contributed by atoms with Crippen LogP contribution >= 0.6 is 0 Å². The standard InChI is InChI=1S/C17H27F3N4O/c1-21-16(22-9-6-10-24(2)13-17(18,19)20)23-11-15(12-25)14-7-4-3-5-8-14/h3-5,7-8,15,25H,6,9-13H2,1-2H3,(H2,21,22,23). The SMILES string of the molecule is CN=C(NCCCN(C)CC(F)(F)F)NCC(CO)c1ccccc1. The van der Waals surface area contributed by atoms with Crippen LogP contribution in [0.4, 0.5) is 13.2 Å². The van der Waals surface area contributed by atoms with Gasteiger partial charge >= 0.3 is 6.18 Å². The van der Waals surface area contributed by atoms with E-state index in [9.17, 15) is 18.3 Å². The second kappa shape index (κ2) is 10.9. The predicted molar refractivity (Wildman–Crippen MR) is 93.8 cm³/mol.